The summed E-state index contributed by atoms with van der Waals surface area (Å²) in [5.74, 6) is 0.336. The Kier molecular flexibility index (Phi) is 4.29. The van der Waals surface area contributed by atoms with Crippen molar-refractivity contribution < 1.29 is 19.4 Å². The zero-order valence-corrected chi connectivity index (χ0v) is 17.1. The first-order valence-corrected chi connectivity index (χ1v) is 9.11. The summed E-state index contributed by atoms with van der Waals surface area (Å²) in [5.41, 5.74) is 2.02. The van der Waals surface area contributed by atoms with Crippen LogP contribution in [0.3, 0.4) is 0 Å². The number of ether oxygens (including phenoxy) is 2. The van der Waals surface area contributed by atoms with Gasteiger partial charge < -0.3 is 14.6 Å². The number of hydrogen-bond donors (Lipinski definition) is 1. The molecule has 0 radical (unpaired) electrons. The minimum atomic E-state index is -0.952. The Hall–Kier alpha value is -2.50. The predicted molar refractivity (Wildman–Crippen MR) is 103 cm³/mol. The Morgan fingerprint density at radius 1 is 1.11 bits per heavy atom. The second-order valence-corrected chi connectivity index (χ2v) is 9.38. The molecule has 146 valence electrons. The topological polar surface area (TPSA) is 73.6 Å². The van der Waals surface area contributed by atoms with E-state index in [-0.39, 0.29) is 17.4 Å². The molecule has 0 saturated carbocycles. The molecule has 1 fully saturated rings. The zero-order chi connectivity index (χ0) is 20.2. The van der Waals surface area contributed by atoms with Crippen LogP contribution >= 0.6 is 0 Å². The number of benzene rings is 1. The minimum absolute atomic E-state index is 0.114. The molecule has 1 N–H and O–H groups in total. The molecule has 27 heavy (non-hydrogen) atoms. The number of phenolic OH excluding ortho intramolecular Hbond substituents is 1. The molecule has 1 aliphatic heterocycles. The first kappa shape index (κ1) is 19.3. The highest BCUT2D eigenvalue weighted by molar-refractivity contribution is 5.66. The van der Waals surface area contributed by atoms with E-state index in [9.17, 15) is 9.90 Å². The van der Waals surface area contributed by atoms with Crippen molar-refractivity contribution in [3.63, 3.8) is 0 Å². The number of carbonyl (C=O) groups excluding carboxylic acids is 1. The molecule has 1 aromatic heterocycles. The number of carbonyl (C=O) groups is 1. The Morgan fingerprint density at radius 2 is 1.67 bits per heavy atom. The fourth-order valence-corrected chi connectivity index (χ4v) is 3.21. The standard InChI is InChI=1S/C21H28N2O4/c1-19(2,3)14-10-13(11-15(17(14)24)20(4,5)6)16-8-9-23(22-16)21(7)12-26-18(25)27-21/h8-11,24H,12H2,1-7H3. The molecule has 0 aliphatic carbocycles. The maximum Gasteiger partial charge on any atom is 0.510 e. The average Bonchev–Trinajstić information content (AvgIpc) is 3.13. The van der Waals surface area contributed by atoms with E-state index in [1.54, 1.807) is 17.8 Å². The van der Waals surface area contributed by atoms with Crippen molar-refractivity contribution in [3.8, 4) is 17.0 Å². The molecule has 0 bridgehead atoms. The first-order valence-electron chi connectivity index (χ1n) is 9.11. The van der Waals surface area contributed by atoms with Gasteiger partial charge in [-0.15, -0.1) is 0 Å². The number of cyclic esters (lactones) is 2. The molecule has 1 saturated heterocycles. The largest absolute Gasteiger partial charge is 0.510 e. The summed E-state index contributed by atoms with van der Waals surface area (Å²) >= 11 is 0. The van der Waals surface area contributed by atoms with Crippen LogP contribution < -0.4 is 0 Å². The molecule has 0 amide bonds. The maximum atomic E-state index is 11.3. The van der Waals surface area contributed by atoms with E-state index in [2.05, 4.69) is 46.6 Å². The van der Waals surface area contributed by atoms with Crippen molar-refractivity contribution in [3.05, 3.63) is 35.5 Å². The van der Waals surface area contributed by atoms with Crippen LogP contribution in [0.15, 0.2) is 24.4 Å². The molecule has 0 spiro atoms. The summed E-state index contributed by atoms with van der Waals surface area (Å²) in [5, 5.41) is 15.5. The smallest absolute Gasteiger partial charge is 0.507 e. The van der Waals surface area contributed by atoms with Crippen LogP contribution in [0.2, 0.25) is 0 Å². The molecule has 2 heterocycles. The molecule has 6 nitrogen and oxygen atoms in total. The second-order valence-electron chi connectivity index (χ2n) is 9.38. The van der Waals surface area contributed by atoms with Gasteiger partial charge in [0.05, 0.1) is 5.69 Å². The van der Waals surface area contributed by atoms with Gasteiger partial charge in [0.2, 0.25) is 5.72 Å². The number of hydrogen-bond acceptors (Lipinski definition) is 5. The third kappa shape index (κ3) is 3.53. The van der Waals surface area contributed by atoms with Gasteiger partial charge in [-0.05, 0) is 29.0 Å². The lowest BCUT2D eigenvalue weighted by molar-refractivity contribution is -0.00272. The minimum Gasteiger partial charge on any atom is -0.507 e. The Bertz CT molecular complexity index is 851. The van der Waals surface area contributed by atoms with Gasteiger partial charge in [-0.25, -0.2) is 9.48 Å². The van der Waals surface area contributed by atoms with Crippen LogP contribution in [0.1, 0.15) is 59.6 Å². The molecule has 1 aliphatic rings. The van der Waals surface area contributed by atoms with Crippen molar-refractivity contribution in [2.75, 3.05) is 6.61 Å². The summed E-state index contributed by atoms with van der Waals surface area (Å²) in [4.78, 5) is 11.3. The van der Waals surface area contributed by atoms with Crippen LogP contribution in [-0.2, 0) is 26.0 Å². The predicted octanol–water partition coefficient (Wildman–Crippen LogP) is 4.69. The van der Waals surface area contributed by atoms with Crippen LogP contribution in [0.25, 0.3) is 11.3 Å². The van der Waals surface area contributed by atoms with E-state index < -0.39 is 11.9 Å². The highest BCUT2D eigenvalue weighted by atomic mass is 16.8. The van der Waals surface area contributed by atoms with E-state index in [1.807, 2.05) is 18.2 Å². The van der Waals surface area contributed by atoms with Gasteiger partial charge in [-0.3, -0.25) is 0 Å². The van der Waals surface area contributed by atoms with Gasteiger partial charge in [0.15, 0.2) is 6.61 Å². The maximum absolute atomic E-state index is 11.3. The normalized spacial score (nSPS) is 20.5. The Balaban J connectivity index is 2.11. The van der Waals surface area contributed by atoms with Gasteiger partial charge in [0.1, 0.15) is 5.75 Å². The first-order chi connectivity index (χ1) is 12.3. The Morgan fingerprint density at radius 3 is 2.11 bits per heavy atom. The second kappa shape index (κ2) is 6.01. The number of rotatable bonds is 2. The van der Waals surface area contributed by atoms with Crippen molar-refractivity contribution in [2.24, 2.45) is 0 Å². The average molecular weight is 372 g/mol. The van der Waals surface area contributed by atoms with Gasteiger partial charge in [-0.2, -0.15) is 5.10 Å². The van der Waals surface area contributed by atoms with E-state index in [4.69, 9.17) is 9.47 Å². The van der Waals surface area contributed by atoms with Gasteiger partial charge in [-0.1, -0.05) is 41.5 Å². The molecule has 6 heteroatoms. The lowest BCUT2D eigenvalue weighted by Crippen LogP contribution is -2.33. The summed E-state index contributed by atoms with van der Waals surface area (Å²) in [6.07, 6.45) is 1.08. The molecule has 2 aromatic rings. The van der Waals surface area contributed by atoms with Gasteiger partial charge in [0, 0.05) is 29.8 Å². The van der Waals surface area contributed by atoms with E-state index in [1.165, 1.54) is 0 Å². The quantitative estimate of drug-likeness (QED) is 0.774. The molecule has 3 rings (SSSR count). The van der Waals surface area contributed by atoms with Crippen LogP contribution in [0.5, 0.6) is 5.75 Å². The molecule has 1 unspecified atom stereocenters. The molecular formula is C21H28N2O4. The van der Waals surface area contributed by atoms with Crippen molar-refractivity contribution in [1.82, 2.24) is 9.78 Å². The molecule has 1 atom stereocenters. The van der Waals surface area contributed by atoms with Crippen molar-refractivity contribution >= 4 is 6.16 Å². The van der Waals surface area contributed by atoms with Crippen LogP contribution in [0.4, 0.5) is 4.79 Å². The fraction of sp³-hybridized carbons (Fsp3) is 0.524. The lowest BCUT2D eigenvalue weighted by Gasteiger charge is -2.28. The third-order valence-electron chi connectivity index (χ3n) is 4.86. The number of aromatic nitrogens is 2. The number of aromatic hydroxyl groups is 1. The van der Waals surface area contributed by atoms with E-state index >= 15 is 0 Å². The van der Waals surface area contributed by atoms with Crippen molar-refractivity contribution in [2.45, 2.75) is 65.0 Å². The lowest BCUT2D eigenvalue weighted by atomic mass is 9.78. The molecular weight excluding hydrogens is 344 g/mol. The highest BCUT2D eigenvalue weighted by Gasteiger charge is 2.40. The van der Waals surface area contributed by atoms with Crippen LogP contribution in [-0.4, -0.2) is 27.6 Å². The zero-order valence-electron chi connectivity index (χ0n) is 17.1. The van der Waals surface area contributed by atoms with E-state index in [0.717, 1.165) is 22.4 Å². The summed E-state index contributed by atoms with van der Waals surface area (Å²) in [7, 11) is 0. The summed E-state index contributed by atoms with van der Waals surface area (Å²) < 4.78 is 11.8. The van der Waals surface area contributed by atoms with E-state index in [0.29, 0.717) is 5.75 Å². The number of phenols is 1. The van der Waals surface area contributed by atoms with Gasteiger partial charge >= 0.3 is 6.16 Å². The highest BCUT2D eigenvalue weighted by Crippen LogP contribution is 2.41. The summed E-state index contributed by atoms with van der Waals surface area (Å²) in [6, 6.07) is 5.84. The summed E-state index contributed by atoms with van der Waals surface area (Å²) in [6.45, 7) is 14.3. The monoisotopic (exact) mass is 372 g/mol. The van der Waals surface area contributed by atoms with Crippen molar-refractivity contribution in [1.29, 1.82) is 0 Å². The Labute approximate surface area is 160 Å². The number of nitrogens with zero attached hydrogens (tertiary/aromatic N) is 2. The SMILES string of the molecule is CC(C)(C)c1cc(-c2ccn(C3(C)COC(=O)O3)n2)cc(C(C)(C)C)c1O. The molecule has 1 aromatic carbocycles. The third-order valence-corrected chi connectivity index (χ3v) is 4.86. The van der Waals surface area contributed by atoms with Gasteiger partial charge in [0.25, 0.3) is 0 Å². The fourth-order valence-electron chi connectivity index (χ4n) is 3.21. The van der Waals surface area contributed by atoms with Crippen LogP contribution in [0, 0.1) is 0 Å².